The van der Waals surface area contributed by atoms with Gasteiger partial charge in [0.15, 0.2) is 5.69 Å². The van der Waals surface area contributed by atoms with Gasteiger partial charge in [0.2, 0.25) is 0 Å². The van der Waals surface area contributed by atoms with Crippen LogP contribution in [0.2, 0.25) is 0 Å². The van der Waals surface area contributed by atoms with E-state index in [2.05, 4.69) is 21.8 Å². The van der Waals surface area contributed by atoms with E-state index < -0.39 is 11.7 Å². The largest absolute Gasteiger partial charge is 0.395 e. The first-order valence-corrected chi connectivity index (χ1v) is 9.40. The number of nitrogens with zero attached hydrogens (tertiary/aromatic N) is 3. The number of aryl methyl sites for hydroxylation is 2. The highest BCUT2D eigenvalue weighted by Gasteiger charge is 2.18. The molecule has 30 heavy (non-hydrogen) atoms. The predicted octanol–water partition coefficient (Wildman–Crippen LogP) is 2.74. The molecule has 0 unspecified atom stereocenters. The average Bonchev–Trinajstić information content (AvgIpc) is 3.11. The number of carbonyl (C=O) groups is 1. The van der Waals surface area contributed by atoms with Crippen molar-refractivity contribution in [1.82, 2.24) is 15.1 Å². The molecular weight excluding hydrogens is 385 g/mol. The highest BCUT2D eigenvalue weighted by Crippen LogP contribution is 2.31. The molecule has 0 saturated carbocycles. The van der Waals surface area contributed by atoms with Crippen LogP contribution in [0.1, 0.15) is 27.3 Å². The van der Waals surface area contributed by atoms with Crippen LogP contribution in [0.25, 0.3) is 11.1 Å². The third-order valence-corrected chi connectivity index (χ3v) is 4.71. The number of carbonyl (C=O) groups excluding carboxylic acids is 1. The normalized spacial score (nSPS) is 10.6. The fourth-order valence-electron chi connectivity index (χ4n) is 3.12. The van der Waals surface area contributed by atoms with E-state index in [0.29, 0.717) is 29.8 Å². The zero-order valence-electron chi connectivity index (χ0n) is 16.7. The predicted molar refractivity (Wildman–Crippen MR) is 111 cm³/mol. The van der Waals surface area contributed by atoms with Crippen LogP contribution in [0.5, 0.6) is 0 Å². The summed E-state index contributed by atoms with van der Waals surface area (Å²) in [4.78, 5) is 12.7. The number of aromatic nitrogens is 2. The number of amides is 1. The topological polar surface area (TPSA) is 103 Å². The van der Waals surface area contributed by atoms with Crippen molar-refractivity contribution >= 4 is 11.6 Å². The first kappa shape index (κ1) is 21.2. The quantitative estimate of drug-likeness (QED) is 0.523. The number of benzene rings is 2. The van der Waals surface area contributed by atoms with Gasteiger partial charge < -0.3 is 15.7 Å². The third kappa shape index (κ3) is 4.38. The van der Waals surface area contributed by atoms with E-state index in [1.165, 1.54) is 0 Å². The van der Waals surface area contributed by atoms with Crippen LogP contribution < -0.4 is 10.6 Å². The van der Waals surface area contributed by atoms with Gasteiger partial charge in [0, 0.05) is 31.3 Å². The van der Waals surface area contributed by atoms with Gasteiger partial charge in [-0.25, -0.2) is 4.39 Å². The molecule has 3 aromatic rings. The summed E-state index contributed by atoms with van der Waals surface area (Å²) in [5.41, 5.74) is 2.60. The molecule has 0 fully saturated rings. The molecule has 0 bridgehead atoms. The van der Waals surface area contributed by atoms with Crippen molar-refractivity contribution in [3.8, 4) is 17.2 Å². The van der Waals surface area contributed by atoms with Crippen LogP contribution >= 0.6 is 0 Å². The van der Waals surface area contributed by atoms with Crippen LogP contribution in [0, 0.1) is 24.1 Å². The van der Waals surface area contributed by atoms with Gasteiger partial charge in [0.1, 0.15) is 11.9 Å². The summed E-state index contributed by atoms with van der Waals surface area (Å²) in [6, 6.07) is 13.6. The maximum absolute atomic E-state index is 14.6. The number of aliphatic hydroxyl groups is 1. The van der Waals surface area contributed by atoms with Crippen LogP contribution in [0.15, 0.2) is 42.5 Å². The molecule has 0 saturated heterocycles. The fourth-order valence-corrected chi connectivity index (χ4v) is 3.12. The minimum Gasteiger partial charge on any atom is -0.395 e. The number of anilines is 1. The second-order valence-electron chi connectivity index (χ2n) is 6.78. The number of rotatable bonds is 7. The number of hydrogen-bond acceptors (Lipinski definition) is 5. The monoisotopic (exact) mass is 407 g/mol. The van der Waals surface area contributed by atoms with Crippen molar-refractivity contribution in [1.29, 1.82) is 5.26 Å². The Balaban J connectivity index is 1.89. The highest BCUT2D eigenvalue weighted by molar-refractivity contribution is 6.04. The number of halogens is 1. The van der Waals surface area contributed by atoms with E-state index in [9.17, 15) is 14.4 Å². The van der Waals surface area contributed by atoms with Crippen LogP contribution in [-0.2, 0) is 13.6 Å². The summed E-state index contributed by atoms with van der Waals surface area (Å²) in [5, 5.41) is 28.5. The third-order valence-electron chi connectivity index (χ3n) is 4.71. The Morgan fingerprint density at radius 2 is 2.00 bits per heavy atom. The molecule has 8 heteroatoms. The van der Waals surface area contributed by atoms with Gasteiger partial charge in [-0.3, -0.25) is 9.48 Å². The standard InChI is InChI=1S/C22H22FN5O2/c1-14-5-3-7-17(21(14)23)16-6-4-8-19(18(16)12-24)26-22(30)20-11-15(28(2)27-20)13-25-9-10-29/h3-8,11,25,29H,9-10,13H2,1-2H3,(H,26,30). The Morgan fingerprint density at radius 1 is 1.27 bits per heavy atom. The molecule has 2 aromatic carbocycles. The first-order valence-electron chi connectivity index (χ1n) is 9.40. The molecule has 0 aliphatic heterocycles. The summed E-state index contributed by atoms with van der Waals surface area (Å²) < 4.78 is 16.2. The number of nitriles is 1. The second kappa shape index (κ2) is 9.31. The lowest BCUT2D eigenvalue weighted by Crippen LogP contribution is -2.19. The van der Waals surface area contributed by atoms with Crippen LogP contribution in [-0.4, -0.2) is 33.9 Å². The number of aliphatic hydroxyl groups excluding tert-OH is 1. The Hall–Kier alpha value is -3.54. The summed E-state index contributed by atoms with van der Waals surface area (Å²) in [6.45, 7) is 2.55. The molecule has 3 N–H and O–H groups in total. The molecular formula is C22H22FN5O2. The van der Waals surface area contributed by atoms with Gasteiger partial charge in [-0.1, -0.05) is 30.3 Å². The molecule has 1 heterocycles. The lowest BCUT2D eigenvalue weighted by Gasteiger charge is -2.12. The minimum atomic E-state index is -0.475. The number of nitrogens with one attached hydrogen (secondary N) is 2. The van der Waals surface area contributed by atoms with Gasteiger partial charge in [0.25, 0.3) is 5.91 Å². The molecule has 0 aliphatic rings. The van der Waals surface area contributed by atoms with Gasteiger partial charge in [-0.2, -0.15) is 10.4 Å². The molecule has 3 rings (SSSR count). The Labute approximate surface area is 173 Å². The lowest BCUT2D eigenvalue weighted by atomic mass is 9.97. The van der Waals surface area contributed by atoms with Gasteiger partial charge >= 0.3 is 0 Å². The van der Waals surface area contributed by atoms with E-state index in [4.69, 9.17) is 5.11 Å². The number of hydrogen-bond donors (Lipinski definition) is 3. The van der Waals surface area contributed by atoms with Gasteiger partial charge in [-0.15, -0.1) is 0 Å². The van der Waals surface area contributed by atoms with Crippen molar-refractivity contribution in [2.75, 3.05) is 18.5 Å². The van der Waals surface area contributed by atoms with Crippen LogP contribution in [0.4, 0.5) is 10.1 Å². The minimum absolute atomic E-state index is 0.0139. The average molecular weight is 407 g/mol. The van der Waals surface area contributed by atoms with Crippen molar-refractivity contribution in [2.24, 2.45) is 7.05 Å². The molecule has 7 nitrogen and oxygen atoms in total. The fraction of sp³-hybridized carbons (Fsp3) is 0.227. The zero-order valence-corrected chi connectivity index (χ0v) is 16.7. The summed E-state index contributed by atoms with van der Waals surface area (Å²) in [6.07, 6.45) is 0. The molecule has 0 atom stereocenters. The summed E-state index contributed by atoms with van der Waals surface area (Å²) in [5.74, 6) is -0.875. The molecule has 1 aromatic heterocycles. The van der Waals surface area contributed by atoms with Crippen molar-refractivity contribution in [3.63, 3.8) is 0 Å². The molecule has 0 radical (unpaired) electrons. The lowest BCUT2D eigenvalue weighted by molar-refractivity contribution is 0.102. The van der Waals surface area contributed by atoms with E-state index in [-0.39, 0.29) is 23.6 Å². The van der Waals surface area contributed by atoms with Gasteiger partial charge in [0.05, 0.1) is 23.6 Å². The summed E-state index contributed by atoms with van der Waals surface area (Å²) >= 11 is 0. The van der Waals surface area contributed by atoms with Crippen molar-refractivity contribution in [2.45, 2.75) is 13.5 Å². The first-order chi connectivity index (χ1) is 14.5. The SMILES string of the molecule is Cc1cccc(-c2cccc(NC(=O)c3cc(CNCCO)n(C)n3)c2C#N)c1F. The molecule has 0 spiro atoms. The second-order valence-corrected chi connectivity index (χ2v) is 6.78. The maximum atomic E-state index is 14.6. The van der Waals surface area contributed by atoms with E-state index >= 15 is 0 Å². The Morgan fingerprint density at radius 3 is 2.73 bits per heavy atom. The van der Waals surface area contributed by atoms with E-state index in [1.807, 2.05) is 0 Å². The smallest absolute Gasteiger partial charge is 0.276 e. The maximum Gasteiger partial charge on any atom is 0.276 e. The molecule has 154 valence electrons. The van der Waals surface area contributed by atoms with E-state index in [1.54, 1.807) is 61.1 Å². The van der Waals surface area contributed by atoms with Crippen molar-refractivity contribution in [3.05, 3.63) is 70.8 Å². The van der Waals surface area contributed by atoms with Gasteiger partial charge in [-0.05, 0) is 24.6 Å². The van der Waals surface area contributed by atoms with Crippen LogP contribution in [0.3, 0.4) is 0 Å². The van der Waals surface area contributed by atoms with E-state index in [0.717, 1.165) is 5.69 Å². The molecule has 0 aliphatic carbocycles. The Kier molecular flexibility index (Phi) is 6.57. The zero-order chi connectivity index (χ0) is 21.7. The Bertz CT molecular complexity index is 1120. The molecule has 1 amide bonds. The summed E-state index contributed by atoms with van der Waals surface area (Å²) in [7, 11) is 1.72. The van der Waals surface area contributed by atoms with Crippen molar-refractivity contribution < 1.29 is 14.3 Å². The highest BCUT2D eigenvalue weighted by atomic mass is 19.1.